The highest BCUT2D eigenvalue weighted by Crippen LogP contribution is 2.23. The van der Waals surface area contributed by atoms with E-state index >= 15 is 0 Å². The summed E-state index contributed by atoms with van der Waals surface area (Å²) in [5.74, 6) is 0.429. The van der Waals surface area contributed by atoms with E-state index in [9.17, 15) is 4.79 Å². The van der Waals surface area contributed by atoms with Gasteiger partial charge in [-0.05, 0) is 44.5 Å². The van der Waals surface area contributed by atoms with Gasteiger partial charge in [0, 0.05) is 40.6 Å². The molecule has 1 atom stereocenters. The lowest BCUT2D eigenvalue weighted by Crippen LogP contribution is -2.29. The molecule has 122 valence electrons. The molecule has 0 spiro atoms. The summed E-state index contributed by atoms with van der Waals surface area (Å²) in [5, 5.41) is 3.04. The van der Waals surface area contributed by atoms with Crippen molar-refractivity contribution in [2.24, 2.45) is 5.92 Å². The Morgan fingerprint density at radius 3 is 2.91 bits per heavy atom. The van der Waals surface area contributed by atoms with E-state index in [4.69, 9.17) is 4.74 Å². The predicted molar refractivity (Wildman–Crippen MR) is 94.2 cm³/mol. The van der Waals surface area contributed by atoms with Gasteiger partial charge in [-0.25, -0.2) is 0 Å². The summed E-state index contributed by atoms with van der Waals surface area (Å²) in [5.41, 5.74) is 3.80. The number of carbonyl (C=O) groups is 1. The van der Waals surface area contributed by atoms with Crippen LogP contribution in [0.4, 0.5) is 0 Å². The van der Waals surface area contributed by atoms with Gasteiger partial charge >= 0.3 is 0 Å². The fraction of sp³-hybridized carbons (Fsp3) is 0.389. The van der Waals surface area contributed by atoms with Gasteiger partial charge in [-0.1, -0.05) is 22.0 Å². The number of carbonyl (C=O) groups excluding carboxylic acids is 1. The number of benzene rings is 1. The molecule has 1 aromatic carbocycles. The second-order valence-corrected chi connectivity index (χ2v) is 6.96. The van der Waals surface area contributed by atoms with Crippen molar-refractivity contribution >= 4 is 21.8 Å². The number of nitrogens with one attached hydrogen (secondary N) is 1. The van der Waals surface area contributed by atoms with E-state index in [0.29, 0.717) is 12.5 Å². The van der Waals surface area contributed by atoms with Gasteiger partial charge in [0.1, 0.15) is 0 Å². The van der Waals surface area contributed by atoms with Gasteiger partial charge in [-0.3, -0.25) is 4.79 Å². The van der Waals surface area contributed by atoms with Crippen molar-refractivity contribution in [2.75, 3.05) is 19.8 Å². The highest BCUT2D eigenvalue weighted by molar-refractivity contribution is 9.10. The molecule has 4 nitrogen and oxygen atoms in total. The molecule has 1 N–H and O–H groups in total. The van der Waals surface area contributed by atoms with Crippen molar-refractivity contribution in [2.45, 2.75) is 20.3 Å². The lowest BCUT2D eigenvalue weighted by atomic mass is 10.1. The standard InChI is InChI=1S/C18H21BrN2O2/c1-12-8-17(18(22)20-10-14-6-7-23-11-14)13(2)21(12)16-5-3-4-15(19)9-16/h3-5,8-9,14H,6-7,10-11H2,1-2H3,(H,20,22). The highest BCUT2D eigenvalue weighted by atomic mass is 79.9. The minimum atomic E-state index is -0.00810. The van der Waals surface area contributed by atoms with Gasteiger partial charge < -0.3 is 14.6 Å². The Balaban J connectivity index is 1.81. The molecule has 0 aliphatic carbocycles. The minimum Gasteiger partial charge on any atom is -0.381 e. The molecule has 2 aromatic rings. The molecule has 3 rings (SSSR count). The SMILES string of the molecule is Cc1cc(C(=O)NCC2CCOC2)c(C)n1-c1cccc(Br)c1. The predicted octanol–water partition coefficient (Wildman–Crippen LogP) is 3.62. The Morgan fingerprint density at radius 2 is 2.22 bits per heavy atom. The molecule has 0 bridgehead atoms. The van der Waals surface area contributed by atoms with Crippen LogP contribution in [0.25, 0.3) is 5.69 Å². The minimum absolute atomic E-state index is 0.00810. The van der Waals surface area contributed by atoms with Crippen LogP contribution in [0.5, 0.6) is 0 Å². The van der Waals surface area contributed by atoms with E-state index in [2.05, 4.69) is 31.9 Å². The normalized spacial score (nSPS) is 17.4. The number of hydrogen-bond acceptors (Lipinski definition) is 2. The molecule has 2 heterocycles. The van der Waals surface area contributed by atoms with Crippen LogP contribution in [-0.4, -0.2) is 30.2 Å². The maximum atomic E-state index is 12.5. The average molecular weight is 377 g/mol. The number of rotatable bonds is 4. The van der Waals surface area contributed by atoms with Crippen LogP contribution in [0.15, 0.2) is 34.8 Å². The van der Waals surface area contributed by atoms with Crippen LogP contribution in [0.1, 0.15) is 28.2 Å². The quantitative estimate of drug-likeness (QED) is 0.885. The van der Waals surface area contributed by atoms with Gasteiger partial charge in [0.2, 0.25) is 0 Å². The zero-order valence-electron chi connectivity index (χ0n) is 13.4. The lowest BCUT2D eigenvalue weighted by Gasteiger charge is -2.11. The van der Waals surface area contributed by atoms with Crippen LogP contribution in [-0.2, 0) is 4.74 Å². The molecule has 1 saturated heterocycles. The molecule has 1 amide bonds. The van der Waals surface area contributed by atoms with Crippen LogP contribution in [0.2, 0.25) is 0 Å². The van der Waals surface area contributed by atoms with E-state index in [-0.39, 0.29) is 5.91 Å². The van der Waals surface area contributed by atoms with Crippen molar-refractivity contribution in [3.8, 4) is 5.69 Å². The highest BCUT2D eigenvalue weighted by Gasteiger charge is 2.20. The maximum Gasteiger partial charge on any atom is 0.253 e. The van der Waals surface area contributed by atoms with E-state index in [1.54, 1.807) is 0 Å². The Hall–Kier alpha value is -1.59. The molecular formula is C18H21BrN2O2. The summed E-state index contributed by atoms with van der Waals surface area (Å²) in [4.78, 5) is 12.5. The largest absolute Gasteiger partial charge is 0.381 e. The number of aromatic nitrogens is 1. The Kier molecular flexibility index (Phi) is 4.87. The van der Waals surface area contributed by atoms with Gasteiger partial charge in [-0.2, -0.15) is 0 Å². The Bertz CT molecular complexity index is 718. The van der Waals surface area contributed by atoms with Gasteiger partial charge in [0.15, 0.2) is 0 Å². The van der Waals surface area contributed by atoms with E-state index < -0.39 is 0 Å². The summed E-state index contributed by atoms with van der Waals surface area (Å²) in [7, 11) is 0. The third kappa shape index (κ3) is 3.51. The molecule has 1 unspecified atom stereocenters. The molecule has 23 heavy (non-hydrogen) atoms. The zero-order valence-corrected chi connectivity index (χ0v) is 15.0. The zero-order chi connectivity index (χ0) is 16.4. The second kappa shape index (κ2) is 6.89. The third-order valence-corrected chi connectivity index (χ3v) is 4.81. The number of hydrogen-bond donors (Lipinski definition) is 1. The average Bonchev–Trinajstić information content (AvgIpc) is 3.13. The maximum absolute atomic E-state index is 12.5. The molecule has 5 heteroatoms. The first kappa shape index (κ1) is 16.3. The summed E-state index contributed by atoms with van der Waals surface area (Å²) < 4.78 is 8.48. The first-order chi connectivity index (χ1) is 11.1. The fourth-order valence-corrected chi connectivity index (χ4v) is 3.47. The summed E-state index contributed by atoms with van der Waals surface area (Å²) in [6, 6.07) is 10.0. The number of ether oxygens (including phenoxy) is 1. The fourth-order valence-electron chi connectivity index (χ4n) is 3.08. The van der Waals surface area contributed by atoms with Crippen LogP contribution >= 0.6 is 15.9 Å². The summed E-state index contributed by atoms with van der Waals surface area (Å²) in [6.45, 7) is 6.24. The van der Waals surface area contributed by atoms with E-state index in [1.807, 2.05) is 38.1 Å². The molecular weight excluding hydrogens is 356 g/mol. The Labute approximate surface area is 145 Å². The second-order valence-electron chi connectivity index (χ2n) is 6.04. The van der Waals surface area contributed by atoms with Crippen molar-refractivity contribution in [1.82, 2.24) is 9.88 Å². The molecule has 0 saturated carbocycles. The van der Waals surface area contributed by atoms with E-state index in [0.717, 1.165) is 46.7 Å². The molecule has 1 fully saturated rings. The van der Waals surface area contributed by atoms with Crippen LogP contribution < -0.4 is 5.32 Å². The number of amides is 1. The van der Waals surface area contributed by atoms with Crippen molar-refractivity contribution in [3.63, 3.8) is 0 Å². The molecule has 1 aromatic heterocycles. The van der Waals surface area contributed by atoms with Crippen molar-refractivity contribution in [3.05, 3.63) is 51.8 Å². The van der Waals surface area contributed by atoms with E-state index in [1.165, 1.54) is 0 Å². The van der Waals surface area contributed by atoms with Crippen LogP contribution in [0.3, 0.4) is 0 Å². The molecule has 1 aliphatic heterocycles. The van der Waals surface area contributed by atoms with Gasteiger partial charge in [0.25, 0.3) is 5.91 Å². The van der Waals surface area contributed by atoms with Gasteiger partial charge in [-0.15, -0.1) is 0 Å². The monoisotopic (exact) mass is 376 g/mol. The van der Waals surface area contributed by atoms with Gasteiger partial charge in [0.05, 0.1) is 12.2 Å². The summed E-state index contributed by atoms with van der Waals surface area (Å²) in [6.07, 6.45) is 1.03. The number of aryl methyl sites for hydroxylation is 1. The summed E-state index contributed by atoms with van der Waals surface area (Å²) >= 11 is 3.50. The number of halogens is 1. The third-order valence-electron chi connectivity index (χ3n) is 4.32. The molecule has 1 aliphatic rings. The number of nitrogens with zero attached hydrogens (tertiary/aromatic N) is 1. The Morgan fingerprint density at radius 1 is 1.39 bits per heavy atom. The van der Waals surface area contributed by atoms with Crippen molar-refractivity contribution in [1.29, 1.82) is 0 Å². The lowest BCUT2D eigenvalue weighted by molar-refractivity contribution is 0.0944. The first-order valence-electron chi connectivity index (χ1n) is 7.87. The van der Waals surface area contributed by atoms with Crippen LogP contribution in [0, 0.1) is 19.8 Å². The van der Waals surface area contributed by atoms with Crippen molar-refractivity contribution < 1.29 is 9.53 Å². The first-order valence-corrected chi connectivity index (χ1v) is 8.66. The molecule has 0 radical (unpaired) electrons. The topological polar surface area (TPSA) is 43.3 Å². The smallest absolute Gasteiger partial charge is 0.253 e.